The summed E-state index contributed by atoms with van der Waals surface area (Å²) in [6.45, 7) is 16.9. The largest absolute Gasteiger partial charge is 0.398 e. The molecule has 2 aliphatic carbocycles. The molecule has 1 spiro atoms. The number of benzene rings is 9. The maximum absolute atomic E-state index is 7.04. The minimum Gasteiger partial charge on any atom is -0.398 e. The van der Waals surface area contributed by atoms with Crippen LogP contribution in [0.25, 0.3) is 55.9 Å². The van der Waals surface area contributed by atoms with Gasteiger partial charge in [-0.3, -0.25) is 0 Å². The van der Waals surface area contributed by atoms with E-state index in [1.165, 1.54) is 77.5 Å². The molecule has 344 valence electrons. The molecule has 2 unspecified atom stereocenters. The molecule has 3 N–H and O–H groups in total. The maximum Gasteiger partial charge on any atom is 0.0714 e. The van der Waals surface area contributed by atoms with Gasteiger partial charge in [0.05, 0.1) is 5.41 Å². The van der Waals surface area contributed by atoms with Crippen molar-refractivity contribution >= 4 is 28.2 Å². The molecule has 2 atom stereocenters. The number of fused-ring (bicyclic) bond motifs is 11. The Morgan fingerprint density at radius 1 is 0.493 bits per heavy atom. The molecule has 0 heterocycles. The lowest BCUT2D eigenvalue weighted by molar-refractivity contribution is 0.771. The fraction of sp³-hybridized carbons (Fsp3) is 0.134. The van der Waals surface area contributed by atoms with E-state index in [4.69, 9.17) is 12.3 Å². The van der Waals surface area contributed by atoms with Gasteiger partial charge in [0.1, 0.15) is 0 Å². The summed E-state index contributed by atoms with van der Waals surface area (Å²) in [5.41, 5.74) is 25.0. The van der Waals surface area contributed by atoms with Gasteiger partial charge in [-0.15, -0.1) is 0 Å². The summed E-state index contributed by atoms with van der Waals surface area (Å²) in [6, 6.07) is 78.1. The second-order valence-electron chi connectivity index (χ2n) is 16.3. The van der Waals surface area contributed by atoms with Crippen molar-refractivity contribution in [1.29, 1.82) is 0 Å². The number of para-hydroxylation sites is 1. The number of rotatable bonds is 6. The van der Waals surface area contributed by atoms with Crippen LogP contribution < -0.4 is 11.1 Å². The minimum absolute atomic E-state index is 0.0878. The lowest BCUT2D eigenvalue weighted by atomic mass is 9.64. The molecule has 9 aromatic carbocycles. The molecule has 2 heteroatoms. The summed E-state index contributed by atoms with van der Waals surface area (Å²) in [5, 5.41) is 5.50. The van der Waals surface area contributed by atoms with E-state index >= 15 is 0 Å². The van der Waals surface area contributed by atoms with E-state index < -0.39 is 5.41 Å². The molecule has 0 bridgehead atoms. The van der Waals surface area contributed by atoms with Gasteiger partial charge in [-0.05, 0) is 107 Å². The maximum atomic E-state index is 7.04. The van der Waals surface area contributed by atoms with Crippen LogP contribution in [0.3, 0.4) is 0 Å². The number of anilines is 1. The molecule has 9 aromatic rings. The topological polar surface area (TPSA) is 38.0 Å². The lowest BCUT2D eigenvalue weighted by Gasteiger charge is -2.38. The van der Waals surface area contributed by atoms with Crippen molar-refractivity contribution in [2.75, 3.05) is 12.4 Å². The summed E-state index contributed by atoms with van der Waals surface area (Å²) in [7, 11) is 1.91. The van der Waals surface area contributed by atoms with Crippen molar-refractivity contribution in [1.82, 2.24) is 0 Å². The first-order valence-electron chi connectivity index (χ1n) is 24.7. The number of hydrogen-bond donors (Lipinski definition) is 2. The van der Waals surface area contributed by atoms with Crippen LogP contribution in [-0.2, 0) is 5.41 Å². The number of hydrogen-bond acceptors (Lipinski definition) is 2. The number of allylic oxidation sites excluding steroid dienone is 3. The highest BCUT2D eigenvalue weighted by Crippen LogP contribution is 2.60. The van der Waals surface area contributed by atoms with Crippen LogP contribution in [0, 0.1) is 0 Å². The Morgan fingerprint density at radius 3 is 1.74 bits per heavy atom. The predicted molar refractivity (Wildman–Crippen MR) is 302 cm³/mol. The van der Waals surface area contributed by atoms with E-state index in [9.17, 15) is 0 Å². The average molecular weight is 899 g/mol. The molecule has 0 aliphatic heterocycles. The molecule has 0 amide bonds. The third-order valence-electron chi connectivity index (χ3n) is 12.8. The molecular formula is C67H66N2. The van der Waals surface area contributed by atoms with Crippen molar-refractivity contribution in [2.24, 2.45) is 5.73 Å². The Balaban J connectivity index is 0.000000445. The standard InChI is InChI=1S/C54H39N.C7H9N.3C2H6/c1-36-24-25-40-18-8-10-20-44(40)53-45-21-11-9-19-41(45)31-33-50(53)54(36)49-23-13-12-22-46(49)47-32-30-43(34-51(47)54)48(39-16-6-3-7-17-39)35-52(55)42-28-26-38(27-29-42)37-14-4-2-5-15-37;1-8-7-5-3-2-4-6-7;3*1-2/h2-35,48H,1,55H2;2-6,8H,1H3;3*1-2H3/b25-24-,52-35-;;;;. The van der Waals surface area contributed by atoms with Crippen molar-refractivity contribution in [3.05, 3.63) is 282 Å². The van der Waals surface area contributed by atoms with Gasteiger partial charge < -0.3 is 11.1 Å². The van der Waals surface area contributed by atoms with Crippen LogP contribution in [0.5, 0.6) is 0 Å². The van der Waals surface area contributed by atoms with Crippen LogP contribution in [0.1, 0.15) is 86.4 Å². The molecular weight excluding hydrogens is 833 g/mol. The van der Waals surface area contributed by atoms with Crippen LogP contribution in [0.4, 0.5) is 5.69 Å². The molecule has 0 saturated heterocycles. The monoisotopic (exact) mass is 899 g/mol. The predicted octanol–water partition coefficient (Wildman–Crippen LogP) is 18.0. The minimum atomic E-state index is -0.630. The van der Waals surface area contributed by atoms with Crippen molar-refractivity contribution < 1.29 is 0 Å². The van der Waals surface area contributed by atoms with Crippen LogP contribution in [-0.4, -0.2) is 7.05 Å². The molecule has 69 heavy (non-hydrogen) atoms. The third-order valence-corrected chi connectivity index (χ3v) is 12.8. The van der Waals surface area contributed by atoms with Crippen molar-refractivity contribution in [3.8, 4) is 33.4 Å². The quantitative estimate of drug-likeness (QED) is 0.174. The van der Waals surface area contributed by atoms with Gasteiger partial charge in [-0.1, -0.05) is 267 Å². The fourth-order valence-corrected chi connectivity index (χ4v) is 9.77. The van der Waals surface area contributed by atoms with Gasteiger partial charge in [0.25, 0.3) is 0 Å². The summed E-state index contributed by atoms with van der Waals surface area (Å²) in [4.78, 5) is 0. The van der Waals surface area contributed by atoms with E-state index in [0.717, 1.165) is 22.5 Å². The van der Waals surface area contributed by atoms with Gasteiger partial charge in [-0.2, -0.15) is 0 Å². The molecule has 11 rings (SSSR count). The second kappa shape index (κ2) is 23.2. The third kappa shape index (κ3) is 9.76. The van der Waals surface area contributed by atoms with E-state index in [1.807, 2.05) is 85.0 Å². The zero-order valence-corrected chi connectivity index (χ0v) is 41.4. The normalized spacial score (nSPS) is 14.6. The first-order valence-corrected chi connectivity index (χ1v) is 24.7. The van der Waals surface area contributed by atoms with E-state index in [2.05, 4.69) is 206 Å². The van der Waals surface area contributed by atoms with Gasteiger partial charge in [-0.25, -0.2) is 0 Å². The van der Waals surface area contributed by atoms with E-state index in [1.54, 1.807) is 0 Å². The van der Waals surface area contributed by atoms with Gasteiger partial charge in [0, 0.05) is 24.4 Å². The fourth-order valence-electron chi connectivity index (χ4n) is 9.77. The highest BCUT2D eigenvalue weighted by atomic mass is 14.8. The number of nitrogens with two attached hydrogens (primary N) is 1. The molecule has 2 nitrogen and oxygen atoms in total. The molecule has 2 aliphatic rings. The Bertz CT molecular complexity index is 3160. The number of nitrogens with one attached hydrogen (secondary N) is 1. The Hall–Kier alpha value is -7.94. The molecule has 0 fully saturated rings. The highest BCUT2D eigenvalue weighted by Gasteiger charge is 2.48. The molecule has 0 radical (unpaired) electrons. The van der Waals surface area contributed by atoms with Crippen LogP contribution in [0.2, 0.25) is 0 Å². The van der Waals surface area contributed by atoms with Gasteiger partial charge >= 0.3 is 0 Å². The first-order chi connectivity index (χ1) is 34.0. The summed E-state index contributed by atoms with van der Waals surface area (Å²) >= 11 is 0. The highest BCUT2D eigenvalue weighted by molar-refractivity contribution is 6.03. The summed E-state index contributed by atoms with van der Waals surface area (Å²) < 4.78 is 0. The lowest BCUT2D eigenvalue weighted by Crippen LogP contribution is -2.30. The Morgan fingerprint density at radius 2 is 1.06 bits per heavy atom. The SMILES string of the molecule is C=C1/C=C\c2ccccc2-c2c(ccc3ccccc23)C12c1ccccc1-c1ccc(C(/C=C(\N)c3ccc(-c4ccccc4)cc3)c3ccccc3)cc12.CC.CC.CC.CNc1ccccc1. The summed E-state index contributed by atoms with van der Waals surface area (Å²) in [5.74, 6) is -0.0878. The van der Waals surface area contributed by atoms with Crippen LogP contribution in [0.15, 0.2) is 243 Å². The van der Waals surface area contributed by atoms with Crippen molar-refractivity contribution in [2.45, 2.75) is 52.9 Å². The molecule has 0 saturated carbocycles. The second-order valence-corrected chi connectivity index (χ2v) is 16.3. The molecule has 0 aromatic heterocycles. The van der Waals surface area contributed by atoms with E-state index in [-0.39, 0.29) is 5.92 Å². The average Bonchev–Trinajstić information content (AvgIpc) is 3.74. The van der Waals surface area contributed by atoms with Gasteiger partial charge in [0.15, 0.2) is 0 Å². The summed E-state index contributed by atoms with van der Waals surface area (Å²) in [6.07, 6.45) is 6.74. The van der Waals surface area contributed by atoms with E-state index in [0.29, 0.717) is 0 Å². The van der Waals surface area contributed by atoms with Gasteiger partial charge in [0.2, 0.25) is 0 Å². The van der Waals surface area contributed by atoms with Crippen molar-refractivity contribution in [3.63, 3.8) is 0 Å². The smallest absolute Gasteiger partial charge is 0.0714 e. The van der Waals surface area contributed by atoms with Crippen LogP contribution >= 0.6 is 0 Å². The first kappa shape index (κ1) is 49.0. The zero-order valence-electron chi connectivity index (χ0n) is 41.4. The Kier molecular flexibility index (Phi) is 16.5. The Labute approximate surface area is 412 Å². The zero-order chi connectivity index (χ0) is 48.8.